The van der Waals surface area contributed by atoms with E-state index in [2.05, 4.69) is 10.6 Å². The first-order valence-electron chi connectivity index (χ1n) is 12.5. The maximum atomic E-state index is 12.4. The molecule has 0 unspecified atom stereocenters. The van der Waals surface area contributed by atoms with Crippen LogP contribution in [-0.4, -0.2) is 36.6 Å². The second-order valence-electron chi connectivity index (χ2n) is 9.63. The fourth-order valence-electron chi connectivity index (χ4n) is 3.45. The van der Waals surface area contributed by atoms with Crippen molar-refractivity contribution in [1.82, 2.24) is 5.32 Å². The smallest absolute Gasteiger partial charge is 0.310 e. The van der Waals surface area contributed by atoms with E-state index < -0.39 is 5.60 Å². The summed E-state index contributed by atoms with van der Waals surface area (Å²) in [5.41, 5.74) is 1.56. The number of carbonyl (C=O) groups is 3. The number of rotatable bonds is 14. The van der Waals surface area contributed by atoms with Crippen LogP contribution in [0.15, 0.2) is 42.5 Å². The molecule has 0 fully saturated rings. The number of halogens is 2. The number of carbonyl (C=O) groups excluding carboxylic acids is 3. The number of nitrogens with one attached hydrogen (secondary N) is 2. The van der Waals surface area contributed by atoms with Gasteiger partial charge in [-0.2, -0.15) is 0 Å². The Balaban J connectivity index is 1.60. The number of anilines is 2. The number of hydrogen-bond acceptors (Lipinski definition) is 6. The maximum absolute atomic E-state index is 12.4. The Bertz CT molecular complexity index is 1030. The molecule has 0 aromatic heterocycles. The molecule has 7 nitrogen and oxygen atoms in total. The predicted molar refractivity (Wildman–Crippen MR) is 147 cm³/mol. The van der Waals surface area contributed by atoms with Gasteiger partial charge in [0.2, 0.25) is 5.91 Å². The minimum absolute atomic E-state index is 0.0722. The van der Waals surface area contributed by atoms with E-state index in [0.29, 0.717) is 28.9 Å². The molecule has 202 valence electrons. The van der Waals surface area contributed by atoms with Gasteiger partial charge in [0.15, 0.2) is 0 Å². The van der Waals surface area contributed by atoms with Gasteiger partial charge in [-0.25, -0.2) is 0 Å². The number of para-hydroxylation sites is 2. The van der Waals surface area contributed by atoms with E-state index in [4.69, 9.17) is 32.7 Å². The molecule has 0 aliphatic rings. The van der Waals surface area contributed by atoms with Crippen molar-refractivity contribution in [3.05, 3.63) is 58.1 Å². The number of benzene rings is 2. The molecule has 2 aromatic carbocycles. The van der Waals surface area contributed by atoms with Crippen molar-refractivity contribution in [2.75, 3.05) is 18.5 Å². The van der Waals surface area contributed by atoms with E-state index >= 15 is 0 Å². The van der Waals surface area contributed by atoms with Crippen LogP contribution in [0.3, 0.4) is 0 Å². The Kier molecular flexibility index (Phi) is 12.7. The van der Waals surface area contributed by atoms with Crippen molar-refractivity contribution in [1.29, 1.82) is 0 Å². The van der Waals surface area contributed by atoms with Crippen LogP contribution in [0.25, 0.3) is 0 Å². The first-order valence-corrected chi connectivity index (χ1v) is 13.2. The summed E-state index contributed by atoms with van der Waals surface area (Å²) >= 11 is 12.5. The minimum Gasteiger partial charge on any atom is -0.465 e. The molecular weight excluding hydrogens is 515 g/mol. The molecule has 0 spiro atoms. The molecule has 9 heteroatoms. The van der Waals surface area contributed by atoms with Gasteiger partial charge in [-0.15, -0.1) is 0 Å². The van der Waals surface area contributed by atoms with Crippen molar-refractivity contribution in [3.8, 4) is 0 Å². The topological polar surface area (TPSA) is 93.7 Å². The minimum atomic E-state index is -0.546. The summed E-state index contributed by atoms with van der Waals surface area (Å²) in [6.45, 7) is 6.27. The number of unbranched alkanes of at least 4 members (excludes halogenated alkanes) is 3. The monoisotopic (exact) mass is 550 g/mol. The molecule has 2 rings (SSSR count). The van der Waals surface area contributed by atoms with Crippen LogP contribution < -0.4 is 10.6 Å². The van der Waals surface area contributed by atoms with E-state index in [9.17, 15) is 14.4 Å². The van der Waals surface area contributed by atoms with Crippen LogP contribution >= 0.6 is 23.2 Å². The molecule has 0 atom stereocenters. The third-order valence-corrected chi connectivity index (χ3v) is 5.84. The lowest BCUT2D eigenvalue weighted by Gasteiger charge is -2.19. The van der Waals surface area contributed by atoms with Gasteiger partial charge < -0.3 is 20.1 Å². The number of amides is 1. The van der Waals surface area contributed by atoms with E-state index in [-0.39, 0.29) is 37.1 Å². The maximum Gasteiger partial charge on any atom is 0.310 e. The Morgan fingerprint density at radius 3 is 2.22 bits per heavy atom. The van der Waals surface area contributed by atoms with Crippen molar-refractivity contribution < 1.29 is 23.9 Å². The average Bonchev–Trinajstić information content (AvgIpc) is 2.82. The molecule has 0 aliphatic heterocycles. The Hall–Kier alpha value is -2.77. The molecule has 37 heavy (non-hydrogen) atoms. The lowest BCUT2D eigenvalue weighted by atomic mass is 10.1. The molecule has 0 radical (unpaired) electrons. The van der Waals surface area contributed by atoms with Gasteiger partial charge in [-0.05, 0) is 63.8 Å². The van der Waals surface area contributed by atoms with E-state index in [1.165, 1.54) is 0 Å². The summed E-state index contributed by atoms with van der Waals surface area (Å²) < 4.78 is 10.6. The Morgan fingerprint density at radius 2 is 1.51 bits per heavy atom. The summed E-state index contributed by atoms with van der Waals surface area (Å²) in [4.78, 5) is 35.9. The van der Waals surface area contributed by atoms with Gasteiger partial charge in [0, 0.05) is 18.7 Å². The first kappa shape index (κ1) is 30.5. The first-order chi connectivity index (χ1) is 17.5. The summed E-state index contributed by atoms with van der Waals surface area (Å²) in [6, 6.07) is 12.7. The SMILES string of the molecule is CC(C)(C)OC(=O)CCC(=O)NCCCCCCOC(=O)Cc1ccccc1Nc1c(Cl)cccc1Cl. The summed E-state index contributed by atoms with van der Waals surface area (Å²) in [7, 11) is 0. The lowest BCUT2D eigenvalue weighted by Crippen LogP contribution is -2.27. The van der Waals surface area contributed by atoms with Crippen LogP contribution in [0.5, 0.6) is 0 Å². The van der Waals surface area contributed by atoms with Gasteiger partial charge in [-0.1, -0.05) is 53.9 Å². The zero-order chi connectivity index (χ0) is 27.3. The summed E-state index contributed by atoms with van der Waals surface area (Å²) in [6.07, 6.45) is 3.65. The quantitative estimate of drug-likeness (QED) is 0.203. The van der Waals surface area contributed by atoms with Crippen LogP contribution in [-0.2, 0) is 30.3 Å². The number of esters is 2. The molecule has 0 saturated carbocycles. The fraction of sp³-hybridized carbons (Fsp3) is 0.464. The highest BCUT2D eigenvalue weighted by atomic mass is 35.5. The zero-order valence-corrected chi connectivity index (χ0v) is 23.2. The van der Waals surface area contributed by atoms with Gasteiger partial charge in [0.1, 0.15) is 5.60 Å². The third kappa shape index (κ3) is 12.3. The van der Waals surface area contributed by atoms with Crippen LogP contribution in [0.2, 0.25) is 10.0 Å². The Labute approximate surface area is 229 Å². The molecular formula is C28H36Cl2N2O5. The standard InChI is InChI=1S/C28H36Cl2N2O5/c1-28(2,3)37-25(34)16-15-24(33)31-17-8-4-5-9-18-36-26(35)19-20-11-6-7-14-23(20)32-27-21(29)12-10-13-22(27)30/h6-7,10-14,32H,4-5,8-9,15-19H2,1-3H3,(H,31,33). The van der Waals surface area contributed by atoms with Crippen LogP contribution in [0.1, 0.15) is 64.9 Å². The predicted octanol–water partition coefficient (Wildman–Crippen LogP) is 6.62. The molecule has 0 aliphatic carbocycles. The van der Waals surface area contributed by atoms with E-state index in [1.807, 2.05) is 24.3 Å². The molecule has 0 bridgehead atoms. The third-order valence-electron chi connectivity index (χ3n) is 5.21. The second-order valence-corrected chi connectivity index (χ2v) is 10.4. The normalized spacial score (nSPS) is 11.1. The van der Waals surface area contributed by atoms with Gasteiger partial charge >= 0.3 is 11.9 Å². The van der Waals surface area contributed by atoms with Crippen molar-refractivity contribution in [3.63, 3.8) is 0 Å². The molecule has 2 N–H and O–H groups in total. The number of hydrogen-bond donors (Lipinski definition) is 2. The van der Waals surface area contributed by atoms with Gasteiger partial charge in [0.25, 0.3) is 0 Å². The number of ether oxygens (including phenoxy) is 2. The van der Waals surface area contributed by atoms with Crippen molar-refractivity contribution >= 4 is 52.4 Å². The molecule has 1 amide bonds. The average molecular weight is 552 g/mol. The largest absolute Gasteiger partial charge is 0.465 e. The highest BCUT2D eigenvalue weighted by Gasteiger charge is 2.17. The van der Waals surface area contributed by atoms with Crippen LogP contribution in [0.4, 0.5) is 11.4 Å². The lowest BCUT2D eigenvalue weighted by molar-refractivity contribution is -0.155. The molecule has 0 heterocycles. The van der Waals surface area contributed by atoms with E-state index in [1.54, 1.807) is 39.0 Å². The Morgan fingerprint density at radius 1 is 0.838 bits per heavy atom. The molecule has 0 saturated heterocycles. The summed E-state index contributed by atoms with van der Waals surface area (Å²) in [5.74, 6) is -0.843. The highest BCUT2D eigenvalue weighted by molar-refractivity contribution is 6.39. The van der Waals surface area contributed by atoms with Crippen molar-refractivity contribution in [2.24, 2.45) is 0 Å². The van der Waals surface area contributed by atoms with Crippen LogP contribution in [0, 0.1) is 0 Å². The summed E-state index contributed by atoms with van der Waals surface area (Å²) in [5, 5.41) is 7.01. The highest BCUT2D eigenvalue weighted by Crippen LogP contribution is 2.33. The molecule has 2 aromatic rings. The van der Waals surface area contributed by atoms with Gasteiger partial charge in [0.05, 0.1) is 35.2 Å². The second kappa shape index (κ2) is 15.5. The van der Waals surface area contributed by atoms with E-state index in [0.717, 1.165) is 36.9 Å². The van der Waals surface area contributed by atoms with Gasteiger partial charge in [-0.3, -0.25) is 14.4 Å². The van der Waals surface area contributed by atoms with Crippen molar-refractivity contribution in [2.45, 2.75) is 71.3 Å². The zero-order valence-electron chi connectivity index (χ0n) is 21.7. The fourth-order valence-corrected chi connectivity index (χ4v) is 3.94.